The van der Waals surface area contributed by atoms with Crippen LogP contribution in [0.15, 0.2) is 6.07 Å². The van der Waals surface area contributed by atoms with Crippen molar-refractivity contribution in [2.45, 2.75) is 26.4 Å². The molecule has 1 aliphatic rings. The van der Waals surface area contributed by atoms with Gasteiger partial charge in [-0.05, 0) is 26.8 Å². The highest BCUT2D eigenvalue weighted by molar-refractivity contribution is 7.18. The first-order chi connectivity index (χ1) is 8.93. The van der Waals surface area contributed by atoms with E-state index in [1.807, 2.05) is 6.07 Å². The third kappa shape index (κ3) is 3.19. The van der Waals surface area contributed by atoms with Crippen molar-refractivity contribution in [1.82, 2.24) is 0 Å². The minimum Gasteiger partial charge on any atom is -0.462 e. The van der Waals surface area contributed by atoms with E-state index in [1.165, 1.54) is 11.3 Å². The topological polar surface area (TPSA) is 64.8 Å². The number of carbonyl (C=O) groups excluding carboxylic acids is 1. The first-order valence-corrected chi connectivity index (χ1v) is 7.20. The SMILES string of the molecule is CCOC(=O)c1sc(N2CCOC(C)(C)C2)cc1N. The molecule has 0 unspecified atom stereocenters. The Bertz CT molecular complexity index is 470. The number of hydrogen-bond acceptors (Lipinski definition) is 6. The normalized spacial score (nSPS) is 18.4. The molecule has 1 saturated heterocycles. The van der Waals surface area contributed by atoms with E-state index in [-0.39, 0.29) is 11.6 Å². The van der Waals surface area contributed by atoms with Crippen molar-refractivity contribution >= 4 is 28.0 Å². The number of thiophene rings is 1. The van der Waals surface area contributed by atoms with Crippen molar-refractivity contribution in [3.8, 4) is 0 Å². The van der Waals surface area contributed by atoms with Crippen LogP contribution in [0.5, 0.6) is 0 Å². The highest BCUT2D eigenvalue weighted by Gasteiger charge is 2.29. The van der Waals surface area contributed by atoms with Crippen LogP contribution in [0.3, 0.4) is 0 Å². The zero-order valence-corrected chi connectivity index (χ0v) is 12.4. The third-order valence-electron chi connectivity index (χ3n) is 2.95. The lowest BCUT2D eigenvalue weighted by Crippen LogP contribution is -2.48. The standard InChI is InChI=1S/C13H20N2O3S/c1-4-17-12(16)11-9(14)7-10(19-11)15-5-6-18-13(2,3)8-15/h7H,4-6,8,14H2,1-3H3. The van der Waals surface area contributed by atoms with E-state index < -0.39 is 0 Å². The Balaban J connectivity index is 2.17. The second kappa shape index (κ2) is 5.38. The zero-order chi connectivity index (χ0) is 14.0. The first kappa shape index (κ1) is 14.1. The third-order valence-corrected chi connectivity index (χ3v) is 4.14. The molecule has 0 aliphatic carbocycles. The molecule has 0 spiro atoms. The fourth-order valence-electron chi connectivity index (χ4n) is 2.11. The fourth-order valence-corrected chi connectivity index (χ4v) is 3.11. The summed E-state index contributed by atoms with van der Waals surface area (Å²) < 4.78 is 10.7. The number of rotatable bonds is 3. The summed E-state index contributed by atoms with van der Waals surface area (Å²) in [7, 11) is 0. The molecule has 1 fully saturated rings. The number of ether oxygens (including phenoxy) is 2. The molecule has 1 aromatic heterocycles. The predicted octanol–water partition coefficient (Wildman–Crippen LogP) is 2.12. The molecule has 1 aliphatic heterocycles. The minimum absolute atomic E-state index is 0.179. The Morgan fingerprint density at radius 1 is 1.63 bits per heavy atom. The summed E-state index contributed by atoms with van der Waals surface area (Å²) in [6.07, 6.45) is 0. The number of nitrogen functional groups attached to an aromatic ring is 1. The van der Waals surface area contributed by atoms with Crippen LogP contribution in [0, 0.1) is 0 Å². The molecule has 5 nitrogen and oxygen atoms in total. The molecular formula is C13H20N2O3S. The Labute approximate surface area is 117 Å². The molecule has 2 heterocycles. The van der Waals surface area contributed by atoms with Crippen molar-refractivity contribution < 1.29 is 14.3 Å². The van der Waals surface area contributed by atoms with E-state index in [2.05, 4.69) is 18.7 Å². The van der Waals surface area contributed by atoms with Crippen LogP contribution in [0.4, 0.5) is 10.7 Å². The number of nitrogens with two attached hydrogens (primary N) is 1. The van der Waals surface area contributed by atoms with Crippen molar-refractivity contribution in [3.05, 3.63) is 10.9 Å². The van der Waals surface area contributed by atoms with E-state index in [4.69, 9.17) is 15.2 Å². The molecule has 2 N–H and O–H groups in total. The second-order valence-electron chi connectivity index (χ2n) is 5.12. The maximum atomic E-state index is 11.8. The second-order valence-corrected chi connectivity index (χ2v) is 6.15. The van der Waals surface area contributed by atoms with Gasteiger partial charge in [0.05, 0.1) is 29.5 Å². The Kier molecular flexibility index (Phi) is 4.01. The van der Waals surface area contributed by atoms with Crippen LogP contribution in [-0.4, -0.2) is 37.9 Å². The summed E-state index contributed by atoms with van der Waals surface area (Å²) in [5.74, 6) is -0.344. The van der Waals surface area contributed by atoms with E-state index >= 15 is 0 Å². The van der Waals surface area contributed by atoms with Crippen molar-refractivity contribution in [3.63, 3.8) is 0 Å². The number of anilines is 2. The van der Waals surface area contributed by atoms with E-state index in [1.54, 1.807) is 6.92 Å². The Morgan fingerprint density at radius 3 is 3.00 bits per heavy atom. The van der Waals surface area contributed by atoms with Crippen LogP contribution >= 0.6 is 11.3 Å². The lowest BCUT2D eigenvalue weighted by atomic mass is 10.1. The molecule has 0 saturated carbocycles. The highest BCUT2D eigenvalue weighted by atomic mass is 32.1. The fraction of sp³-hybridized carbons (Fsp3) is 0.615. The lowest BCUT2D eigenvalue weighted by Gasteiger charge is -2.38. The Hall–Kier alpha value is -1.27. The van der Waals surface area contributed by atoms with Gasteiger partial charge in [-0.25, -0.2) is 4.79 Å². The Morgan fingerprint density at radius 2 is 2.37 bits per heavy atom. The lowest BCUT2D eigenvalue weighted by molar-refractivity contribution is -0.0275. The van der Waals surface area contributed by atoms with Gasteiger partial charge in [0, 0.05) is 13.1 Å². The molecule has 2 rings (SSSR count). The molecule has 6 heteroatoms. The maximum absolute atomic E-state index is 11.8. The number of hydrogen-bond donors (Lipinski definition) is 1. The highest BCUT2D eigenvalue weighted by Crippen LogP contribution is 2.34. The van der Waals surface area contributed by atoms with Gasteiger partial charge < -0.3 is 20.1 Å². The molecule has 1 aromatic rings. The van der Waals surface area contributed by atoms with Crippen LogP contribution in [0.25, 0.3) is 0 Å². The number of morpholine rings is 1. The van der Waals surface area contributed by atoms with Crippen molar-refractivity contribution in [2.24, 2.45) is 0 Å². The summed E-state index contributed by atoms with van der Waals surface area (Å²) in [6, 6.07) is 1.85. The maximum Gasteiger partial charge on any atom is 0.350 e. The molecule has 0 aromatic carbocycles. The van der Waals surface area contributed by atoms with Gasteiger partial charge in [-0.15, -0.1) is 11.3 Å². The monoisotopic (exact) mass is 284 g/mol. The summed E-state index contributed by atoms with van der Waals surface area (Å²) in [5.41, 5.74) is 6.21. The largest absolute Gasteiger partial charge is 0.462 e. The van der Waals surface area contributed by atoms with Crippen LogP contribution in [0.1, 0.15) is 30.4 Å². The molecule has 0 bridgehead atoms. The smallest absolute Gasteiger partial charge is 0.350 e. The summed E-state index contributed by atoms with van der Waals surface area (Å²) in [4.78, 5) is 14.4. The average Bonchev–Trinajstić information content (AvgIpc) is 2.70. The average molecular weight is 284 g/mol. The van der Waals surface area contributed by atoms with Gasteiger partial charge in [-0.3, -0.25) is 0 Å². The van der Waals surface area contributed by atoms with E-state index in [0.717, 1.165) is 18.1 Å². The predicted molar refractivity (Wildman–Crippen MR) is 76.9 cm³/mol. The summed E-state index contributed by atoms with van der Waals surface area (Å²) in [5, 5.41) is 0.997. The minimum atomic E-state index is -0.344. The molecule has 106 valence electrons. The zero-order valence-electron chi connectivity index (χ0n) is 11.6. The van der Waals surface area contributed by atoms with Gasteiger partial charge in [0.2, 0.25) is 0 Å². The summed E-state index contributed by atoms with van der Waals surface area (Å²) >= 11 is 1.39. The van der Waals surface area contributed by atoms with Crippen molar-refractivity contribution in [1.29, 1.82) is 0 Å². The van der Waals surface area contributed by atoms with Crippen molar-refractivity contribution in [2.75, 3.05) is 36.9 Å². The van der Waals surface area contributed by atoms with E-state index in [9.17, 15) is 4.79 Å². The van der Waals surface area contributed by atoms with Gasteiger partial charge in [0.25, 0.3) is 0 Å². The number of carbonyl (C=O) groups is 1. The molecule has 0 amide bonds. The van der Waals surface area contributed by atoms with Gasteiger partial charge in [0.15, 0.2) is 0 Å². The first-order valence-electron chi connectivity index (χ1n) is 6.38. The van der Waals surface area contributed by atoms with Gasteiger partial charge in [-0.1, -0.05) is 0 Å². The molecular weight excluding hydrogens is 264 g/mol. The molecule has 0 radical (unpaired) electrons. The van der Waals surface area contributed by atoms with Gasteiger partial charge in [-0.2, -0.15) is 0 Å². The van der Waals surface area contributed by atoms with E-state index in [0.29, 0.717) is 23.8 Å². The molecule has 19 heavy (non-hydrogen) atoms. The number of nitrogens with zero attached hydrogens (tertiary/aromatic N) is 1. The quantitative estimate of drug-likeness (QED) is 0.861. The van der Waals surface area contributed by atoms with Gasteiger partial charge >= 0.3 is 5.97 Å². The van der Waals surface area contributed by atoms with Crippen LogP contribution < -0.4 is 10.6 Å². The molecule has 0 atom stereocenters. The van der Waals surface area contributed by atoms with Crippen LogP contribution in [-0.2, 0) is 9.47 Å². The number of esters is 1. The van der Waals surface area contributed by atoms with Crippen LogP contribution in [0.2, 0.25) is 0 Å². The summed E-state index contributed by atoms with van der Waals surface area (Å²) in [6.45, 7) is 8.54. The van der Waals surface area contributed by atoms with Gasteiger partial charge in [0.1, 0.15) is 4.88 Å².